The van der Waals surface area contributed by atoms with Gasteiger partial charge < -0.3 is 45.8 Å². The summed E-state index contributed by atoms with van der Waals surface area (Å²) >= 11 is -1.41. The lowest BCUT2D eigenvalue weighted by Gasteiger charge is -2.27. The number of H-pyrrole nitrogens is 1. The summed E-state index contributed by atoms with van der Waals surface area (Å²) in [6.07, 6.45) is 1.83. The maximum Gasteiger partial charge on any atom is 0.408 e. The van der Waals surface area contributed by atoms with Crippen molar-refractivity contribution in [2.45, 2.75) is 63.9 Å². The molecule has 3 aromatic rings. The molecule has 5 atom stereocenters. The van der Waals surface area contributed by atoms with E-state index in [2.05, 4.69) is 26.3 Å². The van der Waals surface area contributed by atoms with Gasteiger partial charge in [0.25, 0.3) is 0 Å². The zero-order valence-corrected chi connectivity index (χ0v) is 28.5. The number of nitrogens with one attached hydrogen (secondary N) is 5. The molecule has 0 saturated carbocycles. The molecule has 0 saturated heterocycles. The van der Waals surface area contributed by atoms with Gasteiger partial charge >= 0.3 is 18.0 Å². The van der Waals surface area contributed by atoms with Crippen molar-refractivity contribution in [2.24, 2.45) is 5.92 Å². The van der Waals surface area contributed by atoms with Crippen molar-refractivity contribution in [1.29, 1.82) is 0 Å². The first-order chi connectivity index (χ1) is 23.7. The number of benzene rings is 2. The first kappa shape index (κ1) is 39.1. The molecule has 15 nitrogen and oxygen atoms in total. The highest BCUT2D eigenvalue weighted by atomic mass is 32.2. The van der Waals surface area contributed by atoms with Crippen molar-refractivity contribution in [3.8, 4) is 0 Å². The van der Waals surface area contributed by atoms with Gasteiger partial charge in [-0.3, -0.25) is 24.0 Å². The lowest BCUT2D eigenvalue weighted by atomic mass is 10.00. The zero-order chi connectivity index (χ0) is 36.8. The van der Waals surface area contributed by atoms with Gasteiger partial charge in [0.15, 0.2) is 0 Å². The quantitative estimate of drug-likeness (QED) is 0.0947. The highest BCUT2D eigenvalue weighted by Gasteiger charge is 2.33. The van der Waals surface area contributed by atoms with Gasteiger partial charge in [-0.15, -0.1) is 0 Å². The molecule has 0 aliphatic rings. The lowest BCUT2D eigenvalue weighted by Crippen LogP contribution is -2.59. The number of fused-ring (bicyclic) bond motifs is 1. The lowest BCUT2D eigenvalue weighted by molar-refractivity contribution is -0.140. The standard InChI is InChI=1S/C34H41N5O10S/c1-20(2)30(33(46)36-23(16-28(40)41)13-14-50(3)48)39-32(45)26(15-22-18-35-25-12-8-7-11-24(22)25)37-31(44)27(17-29(42)43)38-34(47)49-19-21-9-5-4-6-10-21/h4-14,18,20,23,26-27,30,35H,15-17,19H2,1-3H3,(H,36,46)(H,37,44)(H,38,47)(H,39,45)(H,40,41)(H,42,43)/b14-13+/t23-,26+,27+,30+,50?/m1/s1. The highest BCUT2D eigenvalue weighted by molar-refractivity contribution is 7.93. The smallest absolute Gasteiger partial charge is 0.408 e. The highest BCUT2D eigenvalue weighted by Crippen LogP contribution is 2.20. The number of hydrogen-bond acceptors (Lipinski definition) is 8. The average Bonchev–Trinajstić information content (AvgIpc) is 3.46. The van der Waals surface area contributed by atoms with E-state index in [1.54, 1.807) is 62.5 Å². The van der Waals surface area contributed by atoms with Crippen LogP contribution >= 0.6 is 0 Å². The normalized spacial score (nSPS) is 14.3. The predicted octanol–water partition coefficient (Wildman–Crippen LogP) is 1.96. The van der Waals surface area contributed by atoms with E-state index in [0.29, 0.717) is 11.1 Å². The number of alkyl carbamates (subject to hydrolysis) is 1. The molecular formula is C34H41N5O10S. The van der Waals surface area contributed by atoms with Crippen LogP contribution in [-0.4, -0.2) is 85.9 Å². The Labute approximate surface area is 291 Å². The topological polar surface area (TPSA) is 239 Å². The number of carboxylic acids is 2. The Kier molecular flexibility index (Phi) is 14.9. The van der Waals surface area contributed by atoms with Crippen LogP contribution in [0.25, 0.3) is 10.9 Å². The summed E-state index contributed by atoms with van der Waals surface area (Å²) in [5.41, 5.74) is 2.03. The number of amides is 4. The minimum atomic E-state index is -1.63. The number of ether oxygens (including phenoxy) is 1. The molecule has 7 N–H and O–H groups in total. The van der Waals surface area contributed by atoms with Crippen LogP contribution in [0.2, 0.25) is 0 Å². The van der Waals surface area contributed by atoms with Crippen LogP contribution in [0, 0.1) is 5.92 Å². The third-order valence-electron chi connectivity index (χ3n) is 7.40. The molecule has 0 radical (unpaired) electrons. The fraction of sp³-hybridized carbons (Fsp3) is 0.353. The predicted molar refractivity (Wildman–Crippen MR) is 184 cm³/mol. The van der Waals surface area contributed by atoms with Gasteiger partial charge in [0, 0.05) is 23.5 Å². The van der Waals surface area contributed by atoms with E-state index in [1.165, 1.54) is 17.7 Å². The summed E-state index contributed by atoms with van der Waals surface area (Å²) in [7, 11) is 0. The molecule has 0 bridgehead atoms. The number of aromatic amines is 1. The minimum Gasteiger partial charge on any atom is -0.612 e. The van der Waals surface area contributed by atoms with Crippen LogP contribution in [0.5, 0.6) is 0 Å². The van der Waals surface area contributed by atoms with Crippen LogP contribution in [0.15, 0.2) is 72.3 Å². The minimum absolute atomic E-state index is 0.0983. The van der Waals surface area contributed by atoms with Gasteiger partial charge in [-0.05, 0) is 40.4 Å². The largest absolute Gasteiger partial charge is 0.612 e. The van der Waals surface area contributed by atoms with E-state index in [0.717, 1.165) is 10.9 Å². The molecule has 2 aromatic carbocycles. The van der Waals surface area contributed by atoms with Crippen LogP contribution < -0.4 is 21.3 Å². The number of hydrogen-bond donors (Lipinski definition) is 7. The van der Waals surface area contributed by atoms with Gasteiger partial charge in [-0.2, -0.15) is 0 Å². The third kappa shape index (κ3) is 12.6. The monoisotopic (exact) mass is 711 g/mol. The Balaban J connectivity index is 1.85. The van der Waals surface area contributed by atoms with Crippen LogP contribution in [-0.2, 0) is 52.9 Å². The fourth-order valence-electron chi connectivity index (χ4n) is 4.92. The second-order valence-electron chi connectivity index (χ2n) is 11.8. The van der Waals surface area contributed by atoms with Crippen molar-refractivity contribution in [3.05, 3.63) is 83.4 Å². The molecular weight excluding hydrogens is 670 g/mol. The Morgan fingerprint density at radius 1 is 0.840 bits per heavy atom. The molecule has 1 unspecified atom stereocenters. The number of carbonyl (C=O) groups excluding carboxylic acids is 4. The molecule has 4 amide bonds. The molecule has 268 valence electrons. The molecule has 0 aliphatic heterocycles. The van der Waals surface area contributed by atoms with Crippen molar-refractivity contribution < 1.29 is 48.3 Å². The number of para-hydroxylation sites is 1. The van der Waals surface area contributed by atoms with E-state index in [9.17, 15) is 43.5 Å². The van der Waals surface area contributed by atoms with Gasteiger partial charge in [0.1, 0.15) is 30.1 Å². The van der Waals surface area contributed by atoms with E-state index >= 15 is 0 Å². The summed E-state index contributed by atoms with van der Waals surface area (Å²) in [6, 6.07) is 10.7. The first-order valence-corrected chi connectivity index (χ1v) is 17.2. The van der Waals surface area contributed by atoms with Gasteiger partial charge in [0.2, 0.25) is 17.7 Å². The van der Waals surface area contributed by atoms with Gasteiger partial charge in [-0.25, -0.2) is 4.79 Å². The van der Waals surface area contributed by atoms with Crippen molar-refractivity contribution in [2.75, 3.05) is 6.26 Å². The van der Waals surface area contributed by atoms with Gasteiger partial charge in [-0.1, -0.05) is 62.4 Å². The number of carboxylic acid groups (broad SMARTS) is 2. The van der Waals surface area contributed by atoms with E-state index in [1.807, 2.05) is 12.1 Å². The van der Waals surface area contributed by atoms with Crippen LogP contribution in [0.3, 0.4) is 0 Å². The average molecular weight is 712 g/mol. The number of aliphatic carboxylic acids is 2. The van der Waals surface area contributed by atoms with Crippen LogP contribution in [0.4, 0.5) is 4.79 Å². The summed E-state index contributed by atoms with van der Waals surface area (Å²) in [6.45, 7) is 3.15. The SMILES string of the molecule is CC(C)[C@H](NC(=O)[C@H](Cc1c[nH]c2ccccc12)NC(=O)[C@H](CC(=O)O)NC(=O)OCc1ccccc1)C(=O)N[C@H](/C=C/[S+](C)[O-])CC(=O)O. The molecule has 16 heteroatoms. The maximum absolute atomic E-state index is 13.9. The van der Waals surface area contributed by atoms with Crippen molar-refractivity contribution in [1.82, 2.24) is 26.3 Å². The van der Waals surface area contributed by atoms with E-state index < -0.39 is 89.9 Å². The summed E-state index contributed by atoms with van der Waals surface area (Å²) in [5.74, 6) is -5.66. The summed E-state index contributed by atoms with van der Waals surface area (Å²) in [5, 5.41) is 30.8. The molecule has 0 aliphatic carbocycles. The second kappa shape index (κ2) is 19.0. The first-order valence-electron chi connectivity index (χ1n) is 15.6. The maximum atomic E-state index is 13.9. The fourth-order valence-corrected chi connectivity index (χ4v) is 5.33. The molecule has 50 heavy (non-hydrogen) atoms. The Hall–Kier alpha value is -5.35. The Bertz CT molecular complexity index is 1680. The molecule has 1 heterocycles. The molecule has 0 fully saturated rings. The zero-order valence-electron chi connectivity index (χ0n) is 27.7. The van der Waals surface area contributed by atoms with Crippen LogP contribution in [0.1, 0.15) is 37.8 Å². The Morgan fingerprint density at radius 3 is 2.12 bits per heavy atom. The van der Waals surface area contributed by atoms with Crippen molar-refractivity contribution in [3.63, 3.8) is 0 Å². The second-order valence-corrected chi connectivity index (χ2v) is 13.0. The van der Waals surface area contributed by atoms with E-state index in [4.69, 9.17) is 4.74 Å². The third-order valence-corrected chi connectivity index (χ3v) is 7.94. The summed E-state index contributed by atoms with van der Waals surface area (Å²) in [4.78, 5) is 79.5. The molecule has 3 rings (SSSR count). The Morgan fingerprint density at radius 2 is 1.48 bits per heavy atom. The molecule has 1 aromatic heterocycles. The summed E-state index contributed by atoms with van der Waals surface area (Å²) < 4.78 is 16.7. The number of carbonyl (C=O) groups is 6. The number of rotatable bonds is 18. The van der Waals surface area contributed by atoms with E-state index in [-0.39, 0.29) is 13.0 Å². The van der Waals surface area contributed by atoms with Gasteiger partial charge in [0.05, 0.1) is 25.1 Å². The van der Waals surface area contributed by atoms with Crippen molar-refractivity contribution >= 4 is 57.8 Å². The molecule has 0 spiro atoms. The number of aromatic nitrogens is 1.